The van der Waals surface area contributed by atoms with Crippen LogP contribution in [0.4, 0.5) is 0 Å². The molecule has 0 atom stereocenters. The predicted octanol–water partition coefficient (Wildman–Crippen LogP) is 10.2. The number of rotatable bonds is 4. The molecule has 0 spiro atoms. The lowest BCUT2D eigenvalue weighted by Crippen LogP contribution is -1.97. The van der Waals surface area contributed by atoms with E-state index in [0.717, 1.165) is 26.9 Å². The van der Waals surface area contributed by atoms with Crippen molar-refractivity contribution in [3.63, 3.8) is 0 Å². The molecule has 0 fully saturated rings. The van der Waals surface area contributed by atoms with E-state index < -0.39 is 0 Å². The van der Waals surface area contributed by atoms with Crippen molar-refractivity contribution < 1.29 is 0 Å². The average molecular weight is 467 g/mol. The minimum absolute atomic E-state index is 0.760. The second kappa shape index (κ2) is 9.25. The van der Waals surface area contributed by atoms with Crippen LogP contribution >= 0.6 is 11.6 Å². The number of halogens is 1. The highest BCUT2D eigenvalue weighted by Crippen LogP contribution is 2.52. The van der Waals surface area contributed by atoms with Gasteiger partial charge in [0.2, 0.25) is 0 Å². The molecule has 0 aliphatic heterocycles. The molecular formula is C34H23Cl. The maximum Gasteiger partial charge on any atom is 0.0491 e. The highest BCUT2D eigenvalue weighted by molar-refractivity contribution is 6.38. The second-order valence-electron chi connectivity index (χ2n) is 8.63. The lowest BCUT2D eigenvalue weighted by molar-refractivity contribution is 1.57. The van der Waals surface area contributed by atoms with Crippen LogP contribution in [0.2, 0.25) is 5.02 Å². The first kappa shape index (κ1) is 21.4. The van der Waals surface area contributed by atoms with E-state index in [1.807, 2.05) is 6.07 Å². The monoisotopic (exact) mass is 466 g/mol. The number of hydrogen-bond acceptors (Lipinski definition) is 0. The molecule has 0 saturated heterocycles. The molecule has 0 radical (unpaired) electrons. The lowest BCUT2D eigenvalue weighted by Gasteiger charge is -2.24. The van der Waals surface area contributed by atoms with Crippen LogP contribution in [-0.2, 0) is 0 Å². The summed E-state index contributed by atoms with van der Waals surface area (Å²) < 4.78 is 0. The molecule has 0 bridgehead atoms. The van der Waals surface area contributed by atoms with Crippen LogP contribution in [0.3, 0.4) is 0 Å². The molecular weight excluding hydrogens is 444 g/mol. The standard InChI is InChI=1S/C34H23Cl/c35-29-23-13-22-28-30(24-14-5-1-6-15-24)31(25-16-7-2-8-17-25)32(26-18-9-3-10-19-26)33(34(28)29)27-20-11-4-12-21-27/h1-23H. The Kier molecular flexibility index (Phi) is 5.66. The van der Waals surface area contributed by atoms with E-state index in [0.29, 0.717) is 0 Å². The maximum atomic E-state index is 7.03. The maximum absolute atomic E-state index is 7.03. The second-order valence-corrected chi connectivity index (χ2v) is 9.03. The smallest absolute Gasteiger partial charge is 0.0491 e. The van der Waals surface area contributed by atoms with Crippen molar-refractivity contribution in [1.82, 2.24) is 0 Å². The third kappa shape index (κ3) is 3.83. The first-order valence-corrected chi connectivity index (χ1v) is 12.2. The normalized spacial score (nSPS) is 11.0. The molecule has 0 aliphatic rings. The van der Waals surface area contributed by atoms with Crippen LogP contribution in [0.5, 0.6) is 0 Å². The molecule has 0 saturated carbocycles. The molecule has 0 nitrogen and oxygen atoms in total. The Balaban J connectivity index is 1.93. The van der Waals surface area contributed by atoms with Crippen molar-refractivity contribution in [2.75, 3.05) is 0 Å². The first-order chi connectivity index (χ1) is 17.3. The summed E-state index contributed by atoms with van der Waals surface area (Å²) in [4.78, 5) is 0. The Hall–Kier alpha value is -4.13. The molecule has 0 aromatic heterocycles. The van der Waals surface area contributed by atoms with Gasteiger partial charge in [-0.1, -0.05) is 145 Å². The van der Waals surface area contributed by atoms with Crippen LogP contribution in [0.25, 0.3) is 55.3 Å². The van der Waals surface area contributed by atoms with Gasteiger partial charge in [0.05, 0.1) is 0 Å². The average Bonchev–Trinajstić information content (AvgIpc) is 2.94. The van der Waals surface area contributed by atoms with E-state index in [4.69, 9.17) is 11.6 Å². The molecule has 166 valence electrons. The van der Waals surface area contributed by atoms with Gasteiger partial charge in [0.1, 0.15) is 0 Å². The van der Waals surface area contributed by atoms with E-state index >= 15 is 0 Å². The van der Waals surface area contributed by atoms with Crippen molar-refractivity contribution in [3.05, 3.63) is 145 Å². The Morgan fingerprint density at radius 3 is 1.14 bits per heavy atom. The molecule has 0 unspecified atom stereocenters. The quantitative estimate of drug-likeness (QED) is 0.242. The summed E-state index contributed by atoms with van der Waals surface area (Å²) in [7, 11) is 0. The van der Waals surface area contributed by atoms with Gasteiger partial charge in [-0.25, -0.2) is 0 Å². The fraction of sp³-hybridized carbons (Fsp3) is 0. The van der Waals surface area contributed by atoms with Gasteiger partial charge in [0.15, 0.2) is 0 Å². The summed E-state index contributed by atoms with van der Waals surface area (Å²) in [6.45, 7) is 0. The highest BCUT2D eigenvalue weighted by atomic mass is 35.5. The zero-order valence-electron chi connectivity index (χ0n) is 19.2. The van der Waals surface area contributed by atoms with Gasteiger partial charge in [0, 0.05) is 10.4 Å². The third-order valence-corrected chi connectivity index (χ3v) is 6.85. The number of hydrogen-bond donors (Lipinski definition) is 0. The molecule has 0 heterocycles. The minimum Gasteiger partial charge on any atom is -0.0836 e. The summed E-state index contributed by atoms with van der Waals surface area (Å²) >= 11 is 7.03. The third-order valence-electron chi connectivity index (χ3n) is 6.53. The summed E-state index contributed by atoms with van der Waals surface area (Å²) in [5.41, 5.74) is 9.47. The van der Waals surface area contributed by atoms with Crippen molar-refractivity contribution in [2.45, 2.75) is 0 Å². The van der Waals surface area contributed by atoms with Crippen molar-refractivity contribution in [2.24, 2.45) is 0 Å². The largest absolute Gasteiger partial charge is 0.0836 e. The zero-order valence-corrected chi connectivity index (χ0v) is 19.9. The predicted molar refractivity (Wildman–Crippen MR) is 151 cm³/mol. The number of fused-ring (bicyclic) bond motifs is 1. The van der Waals surface area contributed by atoms with Gasteiger partial charge in [-0.2, -0.15) is 0 Å². The van der Waals surface area contributed by atoms with Gasteiger partial charge >= 0.3 is 0 Å². The fourth-order valence-electron chi connectivity index (χ4n) is 5.08. The van der Waals surface area contributed by atoms with Crippen LogP contribution in [-0.4, -0.2) is 0 Å². The van der Waals surface area contributed by atoms with Gasteiger partial charge in [0.25, 0.3) is 0 Å². The van der Waals surface area contributed by atoms with Crippen LogP contribution in [0, 0.1) is 0 Å². The molecule has 1 heteroatoms. The van der Waals surface area contributed by atoms with E-state index in [1.54, 1.807) is 0 Å². The first-order valence-electron chi connectivity index (χ1n) is 11.8. The van der Waals surface area contributed by atoms with Gasteiger partial charge < -0.3 is 0 Å². The SMILES string of the molecule is Clc1cccc2c(-c3ccccc3)c(-c3ccccc3)c(-c3ccccc3)c(-c3ccccc3)c12. The van der Waals surface area contributed by atoms with Gasteiger partial charge in [-0.3, -0.25) is 0 Å². The van der Waals surface area contributed by atoms with E-state index in [9.17, 15) is 0 Å². The Morgan fingerprint density at radius 2 is 0.686 bits per heavy atom. The van der Waals surface area contributed by atoms with Crippen molar-refractivity contribution >= 4 is 22.4 Å². The van der Waals surface area contributed by atoms with Gasteiger partial charge in [-0.15, -0.1) is 0 Å². The number of benzene rings is 6. The Morgan fingerprint density at radius 1 is 0.314 bits per heavy atom. The van der Waals surface area contributed by atoms with Gasteiger partial charge in [-0.05, 0) is 56.0 Å². The van der Waals surface area contributed by atoms with Crippen molar-refractivity contribution in [3.8, 4) is 44.5 Å². The molecule has 35 heavy (non-hydrogen) atoms. The summed E-state index contributed by atoms with van der Waals surface area (Å²) in [6.07, 6.45) is 0. The molecule has 0 amide bonds. The van der Waals surface area contributed by atoms with E-state index in [1.165, 1.54) is 33.4 Å². The van der Waals surface area contributed by atoms with Crippen LogP contribution < -0.4 is 0 Å². The fourth-order valence-corrected chi connectivity index (χ4v) is 5.35. The molecule has 6 aromatic rings. The van der Waals surface area contributed by atoms with Crippen LogP contribution in [0.15, 0.2) is 140 Å². The summed E-state index contributed by atoms with van der Waals surface area (Å²) in [5.74, 6) is 0. The lowest BCUT2D eigenvalue weighted by atomic mass is 9.79. The van der Waals surface area contributed by atoms with Crippen LogP contribution in [0.1, 0.15) is 0 Å². The van der Waals surface area contributed by atoms with E-state index in [-0.39, 0.29) is 0 Å². The summed E-state index contributed by atoms with van der Waals surface area (Å²) in [5, 5.41) is 2.99. The van der Waals surface area contributed by atoms with E-state index in [2.05, 4.69) is 133 Å². The topological polar surface area (TPSA) is 0 Å². The molecule has 0 N–H and O–H groups in total. The Bertz CT molecular complexity index is 1600. The van der Waals surface area contributed by atoms with Crippen molar-refractivity contribution in [1.29, 1.82) is 0 Å². The zero-order chi connectivity index (χ0) is 23.6. The molecule has 6 aromatic carbocycles. The Labute approximate surface area is 211 Å². The minimum atomic E-state index is 0.760. The molecule has 0 aliphatic carbocycles. The molecule has 6 rings (SSSR count). The summed E-state index contributed by atoms with van der Waals surface area (Å²) in [6, 6.07) is 49.0. The highest BCUT2D eigenvalue weighted by Gasteiger charge is 2.24.